The second-order valence-corrected chi connectivity index (χ2v) is 7.29. The van der Waals surface area contributed by atoms with Crippen molar-refractivity contribution in [3.05, 3.63) is 55.4 Å². The van der Waals surface area contributed by atoms with E-state index in [1.54, 1.807) is 19.1 Å². The fourth-order valence-corrected chi connectivity index (χ4v) is 3.77. The molecule has 0 aliphatic rings. The number of aromatic nitrogens is 2. The molecule has 0 fully saturated rings. The Morgan fingerprint density at radius 2 is 2.08 bits per heavy atom. The standard InChI is InChI=1S/C16H12Cl2N4O3S/c1-7-12-15(26-13(7)14(19)24)20-6-22(16(12)25)5-11(23)21-10-4-8(17)2-3-9(10)18/h2-4,6H,5H2,1H3,(H2,19,24)(H,21,23). The molecular weight excluding hydrogens is 399 g/mol. The van der Waals surface area contributed by atoms with Crippen LogP contribution < -0.4 is 16.6 Å². The van der Waals surface area contributed by atoms with E-state index in [9.17, 15) is 14.4 Å². The number of nitrogens with one attached hydrogen (secondary N) is 1. The van der Waals surface area contributed by atoms with Crippen LogP contribution in [0.2, 0.25) is 10.0 Å². The van der Waals surface area contributed by atoms with E-state index in [-0.39, 0.29) is 16.8 Å². The minimum absolute atomic E-state index is 0.272. The van der Waals surface area contributed by atoms with E-state index >= 15 is 0 Å². The summed E-state index contributed by atoms with van der Waals surface area (Å²) in [6.45, 7) is 1.35. The largest absolute Gasteiger partial charge is 0.365 e. The maximum atomic E-state index is 12.6. The predicted molar refractivity (Wildman–Crippen MR) is 102 cm³/mol. The van der Waals surface area contributed by atoms with Gasteiger partial charge in [-0.3, -0.25) is 19.0 Å². The number of halogens is 2. The highest BCUT2D eigenvalue weighted by molar-refractivity contribution is 7.20. The average molecular weight is 411 g/mol. The number of nitrogens with zero attached hydrogens (tertiary/aromatic N) is 2. The third kappa shape index (κ3) is 3.44. The van der Waals surface area contributed by atoms with E-state index < -0.39 is 17.4 Å². The highest BCUT2D eigenvalue weighted by Gasteiger charge is 2.18. The summed E-state index contributed by atoms with van der Waals surface area (Å²) in [5.41, 5.74) is 5.68. The smallest absolute Gasteiger partial charge is 0.262 e. The van der Waals surface area contributed by atoms with E-state index in [0.717, 1.165) is 15.9 Å². The summed E-state index contributed by atoms with van der Waals surface area (Å²) in [6.07, 6.45) is 1.25. The van der Waals surface area contributed by atoms with Crippen molar-refractivity contribution in [1.82, 2.24) is 9.55 Å². The van der Waals surface area contributed by atoms with Gasteiger partial charge in [-0.05, 0) is 30.7 Å². The summed E-state index contributed by atoms with van der Waals surface area (Å²) in [4.78, 5) is 41.2. The molecule has 134 valence electrons. The van der Waals surface area contributed by atoms with Crippen LogP contribution in [-0.4, -0.2) is 21.4 Å². The molecular formula is C16H12Cl2N4O3S. The van der Waals surface area contributed by atoms with Crippen LogP contribution in [0.1, 0.15) is 15.2 Å². The molecule has 2 heterocycles. The number of fused-ring (bicyclic) bond motifs is 1. The molecule has 3 aromatic rings. The van der Waals surface area contributed by atoms with Crippen molar-refractivity contribution in [3.63, 3.8) is 0 Å². The van der Waals surface area contributed by atoms with Crippen molar-refractivity contribution in [2.45, 2.75) is 13.5 Å². The molecule has 10 heteroatoms. The molecule has 3 N–H and O–H groups in total. The van der Waals surface area contributed by atoms with Gasteiger partial charge in [-0.15, -0.1) is 11.3 Å². The zero-order chi connectivity index (χ0) is 19.0. The molecule has 7 nitrogen and oxygen atoms in total. The number of amides is 2. The van der Waals surface area contributed by atoms with Crippen molar-refractivity contribution in [1.29, 1.82) is 0 Å². The van der Waals surface area contributed by atoms with Gasteiger partial charge in [0.1, 0.15) is 11.4 Å². The topological polar surface area (TPSA) is 107 Å². The number of anilines is 1. The third-order valence-corrected chi connectivity index (χ3v) is 5.44. The number of rotatable bonds is 4. The normalized spacial score (nSPS) is 10.9. The van der Waals surface area contributed by atoms with Crippen LogP contribution >= 0.6 is 34.5 Å². The number of carbonyl (C=O) groups excluding carboxylic acids is 2. The molecule has 0 radical (unpaired) electrons. The molecule has 0 spiro atoms. The van der Waals surface area contributed by atoms with Crippen LogP contribution in [0.25, 0.3) is 10.2 Å². The molecule has 0 atom stereocenters. The van der Waals surface area contributed by atoms with Crippen LogP contribution in [0, 0.1) is 6.92 Å². The van der Waals surface area contributed by atoms with E-state index in [2.05, 4.69) is 10.3 Å². The summed E-state index contributed by atoms with van der Waals surface area (Å²) >= 11 is 12.9. The van der Waals surface area contributed by atoms with Crippen LogP contribution in [0.4, 0.5) is 5.69 Å². The van der Waals surface area contributed by atoms with Gasteiger partial charge < -0.3 is 11.1 Å². The zero-order valence-corrected chi connectivity index (χ0v) is 15.7. The second-order valence-electron chi connectivity index (χ2n) is 5.45. The fraction of sp³-hybridized carbons (Fsp3) is 0.125. The summed E-state index contributed by atoms with van der Waals surface area (Å²) in [7, 11) is 0. The lowest BCUT2D eigenvalue weighted by Gasteiger charge is -2.09. The Kier molecular flexibility index (Phi) is 4.99. The summed E-state index contributed by atoms with van der Waals surface area (Å²) in [5, 5.41) is 3.61. The van der Waals surface area contributed by atoms with Gasteiger partial charge in [-0.25, -0.2) is 4.98 Å². The molecule has 0 aliphatic carbocycles. The van der Waals surface area contributed by atoms with Crippen LogP contribution in [0.5, 0.6) is 0 Å². The average Bonchev–Trinajstić information content (AvgIpc) is 2.91. The maximum Gasteiger partial charge on any atom is 0.262 e. The molecule has 0 bridgehead atoms. The van der Waals surface area contributed by atoms with Crippen LogP contribution in [-0.2, 0) is 11.3 Å². The van der Waals surface area contributed by atoms with Gasteiger partial charge in [-0.1, -0.05) is 23.2 Å². The van der Waals surface area contributed by atoms with Crippen molar-refractivity contribution in [2.24, 2.45) is 5.73 Å². The Morgan fingerprint density at radius 1 is 1.35 bits per heavy atom. The molecule has 0 aliphatic heterocycles. The Bertz CT molecular complexity index is 1110. The lowest BCUT2D eigenvalue weighted by atomic mass is 10.2. The summed E-state index contributed by atoms with van der Waals surface area (Å²) in [6, 6.07) is 4.66. The Morgan fingerprint density at radius 3 is 2.77 bits per heavy atom. The van der Waals surface area contributed by atoms with Crippen LogP contribution in [0.3, 0.4) is 0 Å². The van der Waals surface area contributed by atoms with Gasteiger partial charge in [0.25, 0.3) is 11.5 Å². The number of thiophene rings is 1. The number of hydrogen-bond acceptors (Lipinski definition) is 5. The van der Waals surface area contributed by atoms with Gasteiger partial charge >= 0.3 is 0 Å². The summed E-state index contributed by atoms with van der Waals surface area (Å²) < 4.78 is 1.15. The van der Waals surface area contributed by atoms with Crippen molar-refractivity contribution in [3.8, 4) is 0 Å². The molecule has 3 rings (SSSR count). The number of primary amides is 1. The monoisotopic (exact) mass is 410 g/mol. The summed E-state index contributed by atoms with van der Waals surface area (Å²) in [5.74, 6) is -1.09. The molecule has 0 saturated heterocycles. The van der Waals surface area contributed by atoms with Crippen molar-refractivity contribution < 1.29 is 9.59 Å². The maximum absolute atomic E-state index is 12.6. The fourth-order valence-electron chi connectivity index (χ4n) is 2.44. The quantitative estimate of drug-likeness (QED) is 0.688. The van der Waals surface area contributed by atoms with Gasteiger partial charge in [0.2, 0.25) is 5.91 Å². The predicted octanol–water partition coefficient (Wildman–Crippen LogP) is 2.81. The first-order valence-electron chi connectivity index (χ1n) is 7.31. The molecule has 2 amide bonds. The lowest BCUT2D eigenvalue weighted by molar-refractivity contribution is -0.116. The van der Waals surface area contributed by atoms with E-state index in [1.165, 1.54) is 12.4 Å². The molecule has 0 saturated carbocycles. The first-order valence-corrected chi connectivity index (χ1v) is 8.88. The van der Waals surface area contributed by atoms with Gasteiger partial charge in [0.15, 0.2) is 0 Å². The Labute approximate surface area is 161 Å². The third-order valence-electron chi connectivity index (χ3n) is 3.66. The van der Waals surface area contributed by atoms with E-state index in [4.69, 9.17) is 28.9 Å². The van der Waals surface area contributed by atoms with E-state index in [1.807, 2.05) is 0 Å². The Hall–Kier alpha value is -2.42. The first kappa shape index (κ1) is 18.4. The number of aryl methyl sites for hydroxylation is 1. The highest BCUT2D eigenvalue weighted by atomic mass is 35.5. The molecule has 26 heavy (non-hydrogen) atoms. The van der Waals surface area contributed by atoms with E-state index in [0.29, 0.717) is 26.1 Å². The highest BCUT2D eigenvalue weighted by Crippen LogP contribution is 2.27. The SMILES string of the molecule is Cc1c(C(N)=O)sc2ncn(CC(=O)Nc3cc(Cl)ccc3Cl)c(=O)c12. The minimum Gasteiger partial charge on any atom is -0.365 e. The van der Waals surface area contributed by atoms with Gasteiger partial charge in [0.05, 0.1) is 27.3 Å². The second kappa shape index (κ2) is 7.06. The minimum atomic E-state index is -0.621. The molecule has 1 aromatic carbocycles. The lowest BCUT2D eigenvalue weighted by Crippen LogP contribution is -2.28. The first-order chi connectivity index (χ1) is 12.3. The Balaban J connectivity index is 1.91. The number of benzene rings is 1. The number of hydrogen-bond donors (Lipinski definition) is 2. The van der Waals surface area contributed by atoms with Crippen LogP contribution in [0.15, 0.2) is 29.3 Å². The van der Waals surface area contributed by atoms with Crippen molar-refractivity contribution >= 4 is 62.3 Å². The molecule has 0 unspecified atom stereocenters. The zero-order valence-electron chi connectivity index (χ0n) is 13.4. The number of nitrogens with two attached hydrogens (primary N) is 1. The number of carbonyl (C=O) groups is 2. The van der Waals surface area contributed by atoms with Crippen molar-refractivity contribution in [2.75, 3.05) is 5.32 Å². The van der Waals surface area contributed by atoms with Gasteiger partial charge in [0, 0.05) is 5.02 Å². The molecule has 2 aromatic heterocycles. The van der Waals surface area contributed by atoms with Gasteiger partial charge in [-0.2, -0.15) is 0 Å².